The molecule has 0 radical (unpaired) electrons. The maximum Gasteiger partial charge on any atom is 0.348 e. The Kier molecular flexibility index (Phi) is 5.80. The van der Waals surface area contributed by atoms with Gasteiger partial charge in [0, 0.05) is 30.8 Å². The Morgan fingerprint density at radius 3 is 2.70 bits per heavy atom. The normalized spacial score (nSPS) is 21.8. The van der Waals surface area contributed by atoms with Gasteiger partial charge in [-0.1, -0.05) is 0 Å². The quantitative estimate of drug-likeness (QED) is 0.447. The summed E-state index contributed by atoms with van der Waals surface area (Å²) in [5, 5.41) is 9.30. The highest BCUT2D eigenvalue weighted by Crippen LogP contribution is 2.34. The molecule has 2 aliphatic rings. The maximum atomic E-state index is 11.9. The van der Waals surface area contributed by atoms with Crippen LogP contribution in [-0.4, -0.2) is 56.0 Å². The van der Waals surface area contributed by atoms with Crippen molar-refractivity contribution in [3.05, 3.63) is 22.9 Å². The molecule has 0 bridgehead atoms. The Hall–Kier alpha value is -1.84. The Balaban J connectivity index is 2.42. The summed E-state index contributed by atoms with van der Waals surface area (Å²) < 4.78 is 16.2. The standard InChI is InChI=1S/C17H24N2O4/c1-4-22-16(20)13(12-18)11-14-15(5-8-23-17(14,2)3)19-6-9-21-10-7-19/h11H,4-10H2,1-3H3/b13-11-. The van der Waals surface area contributed by atoms with E-state index in [1.165, 1.54) is 0 Å². The largest absolute Gasteiger partial charge is 0.462 e. The van der Waals surface area contributed by atoms with Gasteiger partial charge in [0.2, 0.25) is 0 Å². The molecular weight excluding hydrogens is 296 g/mol. The fraction of sp³-hybridized carbons (Fsp3) is 0.647. The molecule has 0 atom stereocenters. The number of hydrogen-bond donors (Lipinski definition) is 0. The van der Waals surface area contributed by atoms with Crippen molar-refractivity contribution in [2.45, 2.75) is 32.8 Å². The highest BCUT2D eigenvalue weighted by Gasteiger charge is 2.33. The first-order chi connectivity index (χ1) is 11.0. The Morgan fingerprint density at radius 2 is 2.09 bits per heavy atom. The summed E-state index contributed by atoms with van der Waals surface area (Å²) in [6.45, 7) is 9.49. The van der Waals surface area contributed by atoms with Crippen LogP contribution in [0.2, 0.25) is 0 Å². The fourth-order valence-corrected chi connectivity index (χ4v) is 2.87. The average Bonchev–Trinajstić information content (AvgIpc) is 2.54. The molecule has 23 heavy (non-hydrogen) atoms. The zero-order valence-corrected chi connectivity index (χ0v) is 14.1. The predicted octanol–water partition coefficient (Wildman–Crippen LogP) is 1.78. The van der Waals surface area contributed by atoms with E-state index in [1.807, 2.05) is 19.9 Å². The molecule has 0 spiro atoms. The monoisotopic (exact) mass is 320 g/mol. The van der Waals surface area contributed by atoms with Crippen LogP contribution in [0.5, 0.6) is 0 Å². The van der Waals surface area contributed by atoms with Gasteiger partial charge >= 0.3 is 5.97 Å². The minimum atomic E-state index is -0.592. The summed E-state index contributed by atoms with van der Waals surface area (Å²) >= 11 is 0. The van der Waals surface area contributed by atoms with Gasteiger partial charge in [0.05, 0.1) is 32.0 Å². The lowest BCUT2D eigenvalue weighted by Crippen LogP contribution is -2.42. The molecule has 0 saturated carbocycles. The molecule has 2 heterocycles. The number of morpholine rings is 1. The maximum absolute atomic E-state index is 11.9. The van der Waals surface area contributed by atoms with Crippen molar-refractivity contribution in [3.63, 3.8) is 0 Å². The predicted molar refractivity (Wildman–Crippen MR) is 84.4 cm³/mol. The molecule has 1 fully saturated rings. The van der Waals surface area contributed by atoms with Gasteiger partial charge in [-0.3, -0.25) is 0 Å². The first kappa shape index (κ1) is 17.5. The number of esters is 1. The Labute approximate surface area is 137 Å². The summed E-state index contributed by atoms with van der Waals surface area (Å²) in [4.78, 5) is 14.2. The first-order valence-electron chi connectivity index (χ1n) is 7.98. The van der Waals surface area contributed by atoms with E-state index in [2.05, 4.69) is 4.90 Å². The van der Waals surface area contributed by atoms with Crippen LogP contribution >= 0.6 is 0 Å². The Bertz CT molecular complexity index is 551. The number of ether oxygens (including phenoxy) is 3. The molecule has 0 N–H and O–H groups in total. The van der Waals surface area contributed by atoms with Crippen molar-refractivity contribution < 1.29 is 19.0 Å². The third kappa shape index (κ3) is 4.12. The minimum absolute atomic E-state index is 0.00573. The topological polar surface area (TPSA) is 71.8 Å². The highest BCUT2D eigenvalue weighted by atomic mass is 16.5. The van der Waals surface area contributed by atoms with E-state index >= 15 is 0 Å². The van der Waals surface area contributed by atoms with Crippen molar-refractivity contribution in [1.82, 2.24) is 4.90 Å². The number of nitriles is 1. The second kappa shape index (κ2) is 7.62. The molecule has 0 aromatic carbocycles. The summed E-state index contributed by atoms with van der Waals surface area (Å²) in [7, 11) is 0. The summed E-state index contributed by atoms with van der Waals surface area (Å²) in [6.07, 6.45) is 2.39. The molecule has 2 rings (SSSR count). The third-order valence-corrected chi connectivity index (χ3v) is 4.06. The van der Waals surface area contributed by atoms with Gasteiger partial charge in [-0.25, -0.2) is 4.79 Å². The van der Waals surface area contributed by atoms with Crippen LogP contribution in [0.25, 0.3) is 0 Å². The van der Waals surface area contributed by atoms with E-state index < -0.39 is 11.6 Å². The second-order valence-electron chi connectivity index (χ2n) is 5.96. The van der Waals surface area contributed by atoms with Crippen LogP contribution in [-0.2, 0) is 19.0 Å². The molecular formula is C17H24N2O4. The van der Waals surface area contributed by atoms with E-state index in [4.69, 9.17) is 14.2 Å². The molecule has 0 aromatic rings. The van der Waals surface area contributed by atoms with E-state index in [-0.39, 0.29) is 12.2 Å². The molecule has 6 heteroatoms. The van der Waals surface area contributed by atoms with Crippen molar-refractivity contribution in [2.75, 3.05) is 39.5 Å². The summed E-state index contributed by atoms with van der Waals surface area (Å²) in [6, 6.07) is 1.95. The zero-order valence-electron chi connectivity index (χ0n) is 14.1. The number of nitrogens with zero attached hydrogens (tertiary/aromatic N) is 2. The van der Waals surface area contributed by atoms with Crippen LogP contribution in [0.4, 0.5) is 0 Å². The van der Waals surface area contributed by atoms with Gasteiger partial charge in [-0.05, 0) is 26.8 Å². The van der Waals surface area contributed by atoms with Gasteiger partial charge in [-0.15, -0.1) is 0 Å². The average molecular weight is 320 g/mol. The minimum Gasteiger partial charge on any atom is -0.462 e. The summed E-state index contributed by atoms with van der Waals surface area (Å²) in [5.74, 6) is -0.592. The SMILES string of the molecule is CCOC(=O)/C(C#N)=C\C1=C(N2CCOCC2)CCOC1(C)C. The molecule has 126 valence electrons. The molecule has 0 aliphatic carbocycles. The van der Waals surface area contributed by atoms with Crippen LogP contribution in [0.1, 0.15) is 27.2 Å². The number of carbonyl (C=O) groups is 1. The molecule has 1 saturated heterocycles. The molecule has 0 aromatic heterocycles. The van der Waals surface area contributed by atoms with Crippen molar-refractivity contribution in [1.29, 1.82) is 5.26 Å². The van der Waals surface area contributed by atoms with E-state index in [9.17, 15) is 10.1 Å². The molecule has 0 amide bonds. The fourth-order valence-electron chi connectivity index (χ4n) is 2.87. The number of rotatable bonds is 4. The van der Waals surface area contributed by atoms with Crippen LogP contribution < -0.4 is 0 Å². The van der Waals surface area contributed by atoms with Gasteiger partial charge in [0.15, 0.2) is 0 Å². The molecule has 6 nitrogen and oxygen atoms in total. The smallest absolute Gasteiger partial charge is 0.348 e. The molecule has 0 unspecified atom stereocenters. The number of carbonyl (C=O) groups excluding carboxylic acids is 1. The van der Waals surface area contributed by atoms with Crippen LogP contribution in [0.3, 0.4) is 0 Å². The van der Waals surface area contributed by atoms with Gasteiger partial charge in [-0.2, -0.15) is 5.26 Å². The lowest BCUT2D eigenvalue weighted by atomic mass is 9.89. The highest BCUT2D eigenvalue weighted by molar-refractivity contribution is 5.93. The van der Waals surface area contributed by atoms with E-state index in [0.29, 0.717) is 19.8 Å². The Morgan fingerprint density at radius 1 is 1.39 bits per heavy atom. The number of hydrogen-bond acceptors (Lipinski definition) is 6. The first-order valence-corrected chi connectivity index (χ1v) is 7.98. The summed E-state index contributed by atoms with van der Waals surface area (Å²) in [5.41, 5.74) is 1.45. The van der Waals surface area contributed by atoms with Crippen molar-refractivity contribution in [3.8, 4) is 6.07 Å². The van der Waals surface area contributed by atoms with Crippen LogP contribution in [0.15, 0.2) is 22.9 Å². The third-order valence-electron chi connectivity index (χ3n) is 4.06. The van der Waals surface area contributed by atoms with Crippen molar-refractivity contribution >= 4 is 5.97 Å². The lowest BCUT2D eigenvalue weighted by molar-refractivity contribution is -0.138. The van der Waals surface area contributed by atoms with E-state index in [0.717, 1.165) is 30.8 Å². The van der Waals surface area contributed by atoms with Gasteiger partial charge in [0.25, 0.3) is 0 Å². The lowest BCUT2D eigenvalue weighted by Gasteiger charge is -2.40. The van der Waals surface area contributed by atoms with Gasteiger partial charge in [0.1, 0.15) is 11.6 Å². The zero-order chi connectivity index (χ0) is 16.9. The van der Waals surface area contributed by atoms with Crippen LogP contribution in [0, 0.1) is 11.3 Å². The molecule has 2 aliphatic heterocycles. The van der Waals surface area contributed by atoms with E-state index in [1.54, 1.807) is 13.0 Å². The van der Waals surface area contributed by atoms with Crippen molar-refractivity contribution in [2.24, 2.45) is 0 Å². The van der Waals surface area contributed by atoms with Gasteiger partial charge < -0.3 is 19.1 Å². The second-order valence-corrected chi connectivity index (χ2v) is 5.96.